The van der Waals surface area contributed by atoms with E-state index in [0.717, 1.165) is 40.6 Å². The van der Waals surface area contributed by atoms with Crippen LogP contribution in [-0.4, -0.2) is 59.0 Å². The van der Waals surface area contributed by atoms with Gasteiger partial charge in [0.1, 0.15) is 6.54 Å². The first-order chi connectivity index (χ1) is 14.0. The predicted octanol–water partition coefficient (Wildman–Crippen LogP) is 2.81. The molecule has 0 saturated carbocycles. The predicted molar refractivity (Wildman–Crippen MR) is 118 cm³/mol. The zero-order chi connectivity index (χ0) is 20.8. The smallest absolute Gasteiger partial charge is 0.325 e. The lowest BCUT2D eigenvalue weighted by Crippen LogP contribution is -2.36. The Balaban J connectivity index is 1.70. The second kappa shape index (κ2) is 10.4. The minimum atomic E-state index is -0.414. The van der Waals surface area contributed by atoms with Gasteiger partial charge in [-0.25, -0.2) is 0 Å². The summed E-state index contributed by atoms with van der Waals surface area (Å²) in [6.45, 7) is 1.59. The third-order valence-electron chi connectivity index (χ3n) is 4.54. The number of benzene rings is 1. The standard InChI is InChI=1S/C19H22BrN3O4S2/c1-27-18(26)10-23-14-6-5-13(20)9-15(14)29-19(23)21-16(24)11-28-12-17(25)22-7-3-2-4-8-22/h5-6,9H,2-4,7-8,10-12H2,1H3. The molecule has 10 heteroatoms. The Labute approximate surface area is 185 Å². The van der Waals surface area contributed by atoms with Crippen LogP contribution in [0.25, 0.3) is 10.2 Å². The first-order valence-electron chi connectivity index (χ1n) is 9.26. The van der Waals surface area contributed by atoms with Gasteiger partial charge in [-0.1, -0.05) is 27.3 Å². The number of amides is 2. The third kappa shape index (κ3) is 5.93. The summed E-state index contributed by atoms with van der Waals surface area (Å²) in [5.74, 6) is -0.262. The van der Waals surface area contributed by atoms with Crippen molar-refractivity contribution in [2.45, 2.75) is 25.8 Å². The third-order valence-corrected chi connectivity index (χ3v) is 6.98. The highest BCUT2D eigenvalue weighted by Gasteiger charge is 2.17. The largest absolute Gasteiger partial charge is 0.468 e. The number of ether oxygens (including phenoxy) is 1. The van der Waals surface area contributed by atoms with E-state index in [9.17, 15) is 14.4 Å². The number of thioether (sulfide) groups is 1. The second-order valence-electron chi connectivity index (χ2n) is 6.60. The number of carbonyl (C=O) groups excluding carboxylic acids is 3. The van der Waals surface area contributed by atoms with Crippen molar-refractivity contribution >= 4 is 67.0 Å². The number of carbonyl (C=O) groups is 3. The van der Waals surface area contributed by atoms with Crippen LogP contribution in [0.1, 0.15) is 19.3 Å². The van der Waals surface area contributed by atoms with Crippen molar-refractivity contribution in [3.8, 4) is 0 Å². The molecule has 1 aromatic heterocycles. The van der Waals surface area contributed by atoms with Gasteiger partial charge in [-0.3, -0.25) is 14.4 Å². The van der Waals surface area contributed by atoms with E-state index >= 15 is 0 Å². The molecule has 0 N–H and O–H groups in total. The number of methoxy groups -OCH3 is 1. The topological polar surface area (TPSA) is 81.0 Å². The summed E-state index contributed by atoms with van der Waals surface area (Å²) in [6.07, 6.45) is 3.27. The number of halogens is 1. The van der Waals surface area contributed by atoms with Crippen molar-refractivity contribution < 1.29 is 19.1 Å². The Morgan fingerprint density at radius 3 is 2.69 bits per heavy atom. The fourth-order valence-corrected chi connectivity index (χ4v) is 5.37. The molecule has 0 radical (unpaired) electrons. The molecular weight excluding hydrogens is 478 g/mol. The SMILES string of the molecule is COC(=O)Cn1c(=NC(=O)CSCC(=O)N2CCCCC2)sc2cc(Br)ccc21. The number of likely N-dealkylation sites (tertiary alicyclic amines) is 1. The molecule has 1 saturated heterocycles. The number of piperidine rings is 1. The number of thiazole rings is 1. The van der Waals surface area contributed by atoms with E-state index in [4.69, 9.17) is 4.74 Å². The fraction of sp³-hybridized carbons (Fsp3) is 0.474. The van der Waals surface area contributed by atoms with Crippen molar-refractivity contribution in [2.24, 2.45) is 4.99 Å². The zero-order valence-corrected chi connectivity index (χ0v) is 19.3. The van der Waals surface area contributed by atoms with Crippen molar-refractivity contribution in [1.29, 1.82) is 0 Å². The molecule has 2 amide bonds. The summed E-state index contributed by atoms with van der Waals surface area (Å²) in [7, 11) is 1.33. The van der Waals surface area contributed by atoms with E-state index in [2.05, 4.69) is 20.9 Å². The highest BCUT2D eigenvalue weighted by molar-refractivity contribution is 9.10. The molecule has 2 heterocycles. The first-order valence-corrected chi connectivity index (χ1v) is 12.0. The van der Waals surface area contributed by atoms with Crippen LogP contribution in [-0.2, 0) is 25.7 Å². The molecule has 0 unspecified atom stereocenters. The number of rotatable bonds is 6. The van der Waals surface area contributed by atoms with Crippen molar-refractivity contribution in [2.75, 3.05) is 31.7 Å². The quantitative estimate of drug-likeness (QED) is 0.570. The average Bonchev–Trinajstić information content (AvgIpc) is 3.04. The molecule has 3 rings (SSSR count). The number of hydrogen-bond donors (Lipinski definition) is 0. The normalized spacial score (nSPS) is 15.0. The van der Waals surface area contributed by atoms with Crippen LogP contribution >= 0.6 is 39.0 Å². The van der Waals surface area contributed by atoms with Gasteiger partial charge in [0.2, 0.25) is 5.91 Å². The van der Waals surface area contributed by atoms with E-state index in [1.54, 1.807) is 4.57 Å². The molecule has 1 aromatic carbocycles. The van der Waals surface area contributed by atoms with Crippen LogP contribution in [0, 0.1) is 0 Å². The Kier molecular flexibility index (Phi) is 7.91. The highest BCUT2D eigenvalue weighted by atomic mass is 79.9. The Morgan fingerprint density at radius 2 is 1.97 bits per heavy atom. The van der Waals surface area contributed by atoms with Gasteiger partial charge in [-0.2, -0.15) is 4.99 Å². The lowest BCUT2D eigenvalue weighted by atomic mass is 10.1. The molecule has 0 spiro atoms. The summed E-state index contributed by atoms with van der Waals surface area (Å²) in [5, 5.41) is 0. The van der Waals surface area contributed by atoms with Gasteiger partial charge >= 0.3 is 5.97 Å². The molecule has 29 heavy (non-hydrogen) atoms. The Hall–Kier alpha value is -1.65. The number of hydrogen-bond acceptors (Lipinski definition) is 6. The van der Waals surface area contributed by atoms with E-state index in [1.165, 1.54) is 36.6 Å². The van der Waals surface area contributed by atoms with Crippen LogP contribution in [0.5, 0.6) is 0 Å². The van der Waals surface area contributed by atoms with Crippen LogP contribution in [0.15, 0.2) is 27.7 Å². The van der Waals surface area contributed by atoms with Gasteiger partial charge < -0.3 is 14.2 Å². The fourth-order valence-electron chi connectivity index (χ4n) is 3.08. The minimum Gasteiger partial charge on any atom is -0.468 e. The van der Waals surface area contributed by atoms with E-state index in [-0.39, 0.29) is 29.9 Å². The van der Waals surface area contributed by atoms with Gasteiger partial charge in [-0.15, -0.1) is 11.8 Å². The number of fused-ring (bicyclic) bond motifs is 1. The maximum absolute atomic E-state index is 12.4. The lowest BCUT2D eigenvalue weighted by molar-refractivity contribution is -0.141. The zero-order valence-electron chi connectivity index (χ0n) is 16.1. The van der Waals surface area contributed by atoms with E-state index in [0.29, 0.717) is 4.80 Å². The molecule has 0 bridgehead atoms. The highest BCUT2D eigenvalue weighted by Crippen LogP contribution is 2.22. The van der Waals surface area contributed by atoms with Gasteiger partial charge in [-0.05, 0) is 37.5 Å². The molecule has 7 nitrogen and oxygen atoms in total. The molecule has 2 aromatic rings. The molecule has 0 aliphatic carbocycles. The molecule has 1 aliphatic rings. The monoisotopic (exact) mass is 499 g/mol. The van der Waals surface area contributed by atoms with Crippen molar-refractivity contribution in [1.82, 2.24) is 9.47 Å². The molecular formula is C19H22BrN3O4S2. The van der Waals surface area contributed by atoms with Gasteiger partial charge in [0.05, 0.1) is 28.8 Å². The Bertz CT molecular complexity index is 979. The first kappa shape index (κ1) is 22.0. The number of esters is 1. The van der Waals surface area contributed by atoms with Crippen molar-refractivity contribution in [3.63, 3.8) is 0 Å². The molecule has 1 aliphatic heterocycles. The van der Waals surface area contributed by atoms with Crippen LogP contribution < -0.4 is 4.80 Å². The van der Waals surface area contributed by atoms with Gasteiger partial charge in [0, 0.05) is 17.6 Å². The van der Waals surface area contributed by atoms with E-state index in [1.807, 2.05) is 23.1 Å². The van der Waals surface area contributed by atoms with Gasteiger partial charge in [0.25, 0.3) is 5.91 Å². The van der Waals surface area contributed by atoms with Crippen LogP contribution in [0.4, 0.5) is 0 Å². The molecule has 156 valence electrons. The van der Waals surface area contributed by atoms with Gasteiger partial charge in [0.15, 0.2) is 4.80 Å². The maximum atomic E-state index is 12.4. The van der Waals surface area contributed by atoms with Crippen molar-refractivity contribution in [3.05, 3.63) is 27.5 Å². The lowest BCUT2D eigenvalue weighted by Gasteiger charge is -2.26. The maximum Gasteiger partial charge on any atom is 0.325 e. The Morgan fingerprint density at radius 1 is 1.21 bits per heavy atom. The van der Waals surface area contributed by atoms with E-state index < -0.39 is 5.97 Å². The van der Waals surface area contributed by atoms with Crippen LogP contribution in [0.2, 0.25) is 0 Å². The summed E-state index contributed by atoms with van der Waals surface area (Å²) >= 11 is 6.04. The van der Waals surface area contributed by atoms with Crippen LogP contribution in [0.3, 0.4) is 0 Å². The molecule has 0 atom stereocenters. The molecule has 1 fully saturated rings. The minimum absolute atomic E-state index is 0.0230. The average molecular weight is 500 g/mol. The summed E-state index contributed by atoms with van der Waals surface area (Å²) in [6, 6.07) is 5.66. The number of aromatic nitrogens is 1. The summed E-state index contributed by atoms with van der Waals surface area (Å²) in [5.41, 5.74) is 0.808. The summed E-state index contributed by atoms with van der Waals surface area (Å²) < 4.78 is 8.26. The number of nitrogens with zero attached hydrogens (tertiary/aromatic N) is 3. The second-order valence-corrected chi connectivity index (χ2v) is 9.51. The summed E-state index contributed by atoms with van der Waals surface area (Å²) in [4.78, 5) is 42.9.